The fourth-order valence-corrected chi connectivity index (χ4v) is 1.92. The van der Waals surface area contributed by atoms with Crippen molar-refractivity contribution in [3.8, 4) is 0 Å². The summed E-state index contributed by atoms with van der Waals surface area (Å²) in [7, 11) is 0. The Hall–Kier alpha value is -0.730. The quantitative estimate of drug-likeness (QED) is 0.758. The highest BCUT2D eigenvalue weighted by molar-refractivity contribution is 5.75. The van der Waals surface area contributed by atoms with Gasteiger partial charge in [0, 0.05) is 18.6 Å². The van der Waals surface area contributed by atoms with Crippen LogP contribution in [0.3, 0.4) is 0 Å². The Bertz CT molecular complexity index is 248. The number of nitrogens with zero attached hydrogens (tertiary/aromatic N) is 1. The number of carbonyl (C=O) groups is 1. The van der Waals surface area contributed by atoms with Gasteiger partial charge < -0.3 is 10.2 Å². The first-order valence-corrected chi connectivity index (χ1v) is 6.15. The number of hydrogen-bond acceptors (Lipinski definition) is 1. The van der Waals surface area contributed by atoms with E-state index in [9.17, 15) is 4.79 Å². The maximum absolute atomic E-state index is 11.9. The zero-order valence-corrected chi connectivity index (χ0v) is 9.99. The van der Waals surface area contributed by atoms with Crippen molar-refractivity contribution >= 4 is 6.03 Å². The molecule has 3 heteroatoms. The van der Waals surface area contributed by atoms with Gasteiger partial charge in [0.05, 0.1) is 0 Å². The molecule has 0 aromatic carbocycles. The third kappa shape index (κ3) is 2.86. The topological polar surface area (TPSA) is 32.3 Å². The molecule has 2 aliphatic carbocycles. The lowest BCUT2D eigenvalue weighted by Gasteiger charge is -2.27. The molecule has 0 aromatic rings. The van der Waals surface area contributed by atoms with Gasteiger partial charge in [-0.05, 0) is 44.9 Å². The molecule has 0 radical (unpaired) electrons. The second kappa shape index (κ2) is 4.03. The Labute approximate surface area is 92.2 Å². The van der Waals surface area contributed by atoms with Crippen LogP contribution in [-0.4, -0.2) is 29.6 Å². The van der Waals surface area contributed by atoms with Gasteiger partial charge in [0.1, 0.15) is 0 Å². The van der Waals surface area contributed by atoms with Gasteiger partial charge in [-0.1, -0.05) is 6.92 Å². The van der Waals surface area contributed by atoms with E-state index in [0.29, 0.717) is 12.1 Å². The number of amides is 2. The van der Waals surface area contributed by atoms with Crippen molar-refractivity contribution in [2.45, 2.75) is 52.1 Å². The van der Waals surface area contributed by atoms with Gasteiger partial charge in [0.2, 0.25) is 0 Å². The van der Waals surface area contributed by atoms with Gasteiger partial charge in [0.25, 0.3) is 0 Å². The normalized spacial score (nSPS) is 29.1. The molecule has 2 aliphatic rings. The van der Waals surface area contributed by atoms with Crippen LogP contribution in [0.15, 0.2) is 0 Å². The van der Waals surface area contributed by atoms with E-state index in [1.54, 1.807) is 0 Å². The maximum Gasteiger partial charge on any atom is 0.317 e. The van der Waals surface area contributed by atoms with Crippen molar-refractivity contribution < 1.29 is 4.79 Å². The molecular formula is C12H22N2O. The van der Waals surface area contributed by atoms with Crippen LogP contribution < -0.4 is 5.32 Å². The van der Waals surface area contributed by atoms with E-state index in [1.165, 1.54) is 6.42 Å². The molecule has 2 amide bonds. The van der Waals surface area contributed by atoms with Gasteiger partial charge in [-0.2, -0.15) is 0 Å². The van der Waals surface area contributed by atoms with Gasteiger partial charge in [-0.3, -0.25) is 0 Å². The molecule has 0 heterocycles. The molecule has 0 aromatic heterocycles. The molecule has 0 spiro atoms. The van der Waals surface area contributed by atoms with Crippen molar-refractivity contribution in [1.29, 1.82) is 0 Å². The number of rotatable bonds is 4. The third-order valence-electron chi connectivity index (χ3n) is 3.50. The smallest absolute Gasteiger partial charge is 0.317 e. The lowest BCUT2D eigenvalue weighted by Crippen LogP contribution is -2.45. The van der Waals surface area contributed by atoms with Crippen LogP contribution in [0.1, 0.15) is 40.0 Å². The lowest BCUT2D eigenvalue weighted by atomic mass is 10.2. The molecule has 2 saturated carbocycles. The Kier molecular flexibility index (Phi) is 2.89. The van der Waals surface area contributed by atoms with Crippen LogP contribution in [-0.2, 0) is 0 Å². The first kappa shape index (κ1) is 10.8. The molecule has 15 heavy (non-hydrogen) atoms. The molecule has 3 nitrogen and oxygen atoms in total. The van der Waals surface area contributed by atoms with E-state index in [4.69, 9.17) is 0 Å². The first-order valence-electron chi connectivity index (χ1n) is 6.15. The number of nitrogens with one attached hydrogen (secondary N) is 1. The van der Waals surface area contributed by atoms with Crippen LogP contribution >= 0.6 is 0 Å². The van der Waals surface area contributed by atoms with Crippen LogP contribution in [0, 0.1) is 11.8 Å². The summed E-state index contributed by atoms with van der Waals surface area (Å²) in [6.07, 6.45) is 3.62. The fourth-order valence-electron chi connectivity index (χ4n) is 1.92. The number of hydrogen-bond donors (Lipinski definition) is 1. The molecule has 2 fully saturated rings. The van der Waals surface area contributed by atoms with E-state index in [1.807, 2.05) is 4.90 Å². The van der Waals surface area contributed by atoms with Crippen molar-refractivity contribution in [3.05, 3.63) is 0 Å². The molecule has 0 saturated heterocycles. The van der Waals surface area contributed by atoms with Crippen molar-refractivity contribution in [3.63, 3.8) is 0 Å². The minimum absolute atomic E-state index is 0.145. The van der Waals surface area contributed by atoms with Gasteiger partial charge in [-0.15, -0.1) is 0 Å². The number of carbonyl (C=O) groups excluding carboxylic acids is 1. The second-order valence-electron chi connectivity index (χ2n) is 5.44. The Morgan fingerprint density at radius 2 is 2.07 bits per heavy atom. The summed E-state index contributed by atoms with van der Waals surface area (Å²) in [6, 6.07) is 0.929. The van der Waals surface area contributed by atoms with E-state index in [-0.39, 0.29) is 6.03 Å². The highest BCUT2D eigenvalue weighted by atomic mass is 16.2. The largest absolute Gasteiger partial charge is 0.335 e. The third-order valence-corrected chi connectivity index (χ3v) is 3.50. The average molecular weight is 210 g/mol. The molecule has 2 atom stereocenters. The van der Waals surface area contributed by atoms with Crippen molar-refractivity contribution in [2.75, 3.05) is 6.54 Å². The summed E-state index contributed by atoms with van der Waals surface area (Å²) in [5.41, 5.74) is 0. The summed E-state index contributed by atoms with van der Waals surface area (Å²) < 4.78 is 0. The summed E-state index contributed by atoms with van der Waals surface area (Å²) in [4.78, 5) is 13.9. The standard InChI is InChI=1S/C12H22N2O/c1-8(2)14(7-10-6-9(10)3)12(15)13-11-4-5-11/h8-11H,4-7H2,1-3H3,(H,13,15)/t9-,10+/m1/s1. The summed E-state index contributed by atoms with van der Waals surface area (Å²) in [5, 5.41) is 3.07. The second-order valence-corrected chi connectivity index (χ2v) is 5.44. The van der Waals surface area contributed by atoms with Crippen LogP contribution in [0.25, 0.3) is 0 Å². The highest BCUT2D eigenvalue weighted by Crippen LogP contribution is 2.38. The highest BCUT2D eigenvalue weighted by Gasteiger charge is 2.36. The van der Waals surface area contributed by atoms with E-state index in [2.05, 4.69) is 26.1 Å². The SMILES string of the molecule is CC(C)N(C[C@@H]1C[C@H]1C)C(=O)NC1CC1. The summed E-state index contributed by atoms with van der Waals surface area (Å²) >= 11 is 0. The maximum atomic E-state index is 11.9. The fraction of sp³-hybridized carbons (Fsp3) is 0.917. The van der Waals surface area contributed by atoms with Crippen LogP contribution in [0.2, 0.25) is 0 Å². The summed E-state index contributed by atoms with van der Waals surface area (Å²) in [5.74, 6) is 1.57. The van der Waals surface area contributed by atoms with E-state index in [0.717, 1.165) is 31.2 Å². The zero-order chi connectivity index (χ0) is 11.0. The van der Waals surface area contributed by atoms with Crippen LogP contribution in [0.5, 0.6) is 0 Å². The Morgan fingerprint density at radius 3 is 2.47 bits per heavy atom. The molecule has 0 bridgehead atoms. The molecular weight excluding hydrogens is 188 g/mol. The predicted octanol–water partition coefficient (Wildman–Crippen LogP) is 2.22. The molecule has 86 valence electrons. The summed E-state index contributed by atoms with van der Waals surface area (Å²) in [6.45, 7) is 7.40. The van der Waals surface area contributed by atoms with Crippen molar-refractivity contribution in [1.82, 2.24) is 10.2 Å². The Morgan fingerprint density at radius 1 is 1.47 bits per heavy atom. The minimum Gasteiger partial charge on any atom is -0.335 e. The van der Waals surface area contributed by atoms with Crippen molar-refractivity contribution in [2.24, 2.45) is 11.8 Å². The minimum atomic E-state index is 0.145. The average Bonchev–Trinajstić information content (AvgIpc) is 3.01. The molecule has 0 aliphatic heterocycles. The molecule has 1 N–H and O–H groups in total. The number of urea groups is 1. The predicted molar refractivity (Wildman–Crippen MR) is 60.7 cm³/mol. The van der Waals surface area contributed by atoms with E-state index >= 15 is 0 Å². The monoisotopic (exact) mass is 210 g/mol. The van der Waals surface area contributed by atoms with Gasteiger partial charge >= 0.3 is 6.03 Å². The first-order chi connectivity index (χ1) is 7.08. The Balaban J connectivity index is 1.83. The van der Waals surface area contributed by atoms with Gasteiger partial charge in [-0.25, -0.2) is 4.79 Å². The zero-order valence-electron chi connectivity index (χ0n) is 9.99. The molecule has 2 rings (SSSR count). The van der Waals surface area contributed by atoms with E-state index < -0.39 is 0 Å². The molecule has 0 unspecified atom stereocenters. The van der Waals surface area contributed by atoms with Crippen LogP contribution in [0.4, 0.5) is 4.79 Å². The van der Waals surface area contributed by atoms with Gasteiger partial charge in [0.15, 0.2) is 0 Å². The lowest BCUT2D eigenvalue weighted by molar-refractivity contribution is 0.178.